The van der Waals surface area contributed by atoms with E-state index in [1.807, 2.05) is 25.5 Å². The van der Waals surface area contributed by atoms with Gasteiger partial charge < -0.3 is 15.1 Å². The van der Waals surface area contributed by atoms with Crippen LogP contribution in [0.25, 0.3) is 0 Å². The molecule has 3 rings (SSSR count). The van der Waals surface area contributed by atoms with Crippen LogP contribution in [0.5, 0.6) is 0 Å². The summed E-state index contributed by atoms with van der Waals surface area (Å²) in [6.07, 6.45) is 0. The van der Waals surface area contributed by atoms with Crippen LogP contribution in [0.1, 0.15) is 38.0 Å². The van der Waals surface area contributed by atoms with Crippen molar-refractivity contribution in [2.24, 2.45) is 0 Å². The molecule has 3 heterocycles. The quantitative estimate of drug-likeness (QED) is 0.879. The minimum atomic E-state index is -0.133. The van der Waals surface area contributed by atoms with E-state index < -0.39 is 0 Å². The maximum absolute atomic E-state index is 5.59. The smallest absolute Gasteiger partial charge is 0.315 e. The lowest BCUT2D eigenvalue weighted by atomic mass is 9.97. The summed E-state index contributed by atoms with van der Waals surface area (Å²) in [6, 6.07) is 2.54. The number of nitrogens with zero attached hydrogens (tertiary/aromatic N) is 4. The summed E-state index contributed by atoms with van der Waals surface area (Å²) in [6.45, 7) is 9.49. The van der Waals surface area contributed by atoms with Crippen LogP contribution in [-0.2, 0) is 25.0 Å². The molecule has 2 N–H and O–H groups in total. The van der Waals surface area contributed by atoms with Crippen LogP contribution in [0.15, 0.2) is 10.5 Å². The van der Waals surface area contributed by atoms with Crippen molar-refractivity contribution in [1.29, 1.82) is 0 Å². The first-order valence-electron chi connectivity index (χ1n) is 6.86. The Labute approximate surface area is 117 Å². The molecule has 0 saturated carbocycles. The largest absolute Gasteiger partial charge is 0.408 e. The molecule has 0 radical (unpaired) electrons. The molecule has 0 spiro atoms. The predicted octanol–water partition coefficient (Wildman–Crippen LogP) is 1.28. The third kappa shape index (κ3) is 2.67. The van der Waals surface area contributed by atoms with Gasteiger partial charge in [-0.15, -0.1) is 5.10 Å². The summed E-state index contributed by atoms with van der Waals surface area (Å²) in [5.74, 6) is 0.633. The van der Waals surface area contributed by atoms with Crippen LogP contribution >= 0.6 is 0 Å². The van der Waals surface area contributed by atoms with Gasteiger partial charge in [-0.3, -0.25) is 4.68 Å². The molecule has 0 atom stereocenters. The van der Waals surface area contributed by atoms with E-state index in [0.717, 1.165) is 25.3 Å². The van der Waals surface area contributed by atoms with Crippen LogP contribution in [0.3, 0.4) is 0 Å². The zero-order chi connectivity index (χ0) is 14.2. The summed E-state index contributed by atoms with van der Waals surface area (Å²) in [7, 11) is 0. The average Bonchev–Trinajstić information content (AvgIpc) is 3.02. The molecule has 7 nitrogen and oxygen atoms in total. The molecule has 108 valence electrons. The second kappa shape index (κ2) is 4.90. The standard InChI is InChI=1S/C13H20N6O/c1-13(2,3)11-16-17-12(20-11)15-7-9-6-10-8-14-4-5-19(10)18-9/h6,14H,4-5,7-8H2,1-3H3,(H,15,17). The Bertz CT molecular complexity index is 571. The lowest BCUT2D eigenvalue weighted by Crippen LogP contribution is -2.28. The molecule has 1 aliphatic rings. The number of hydrogen-bond donors (Lipinski definition) is 2. The molecule has 1 aliphatic heterocycles. The van der Waals surface area contributed by atoms with Gasteiger partial charge >= 0.3 is 6.01 Å². The van der Waals surface area contributed by atoms with Gasteiger partial charge in [-0.2, -0.15) is 5.10 Å². The van der Waals surface area contributed by atoms with Gasteiger partial charge in [0.25, 0.3) is 0 Å². The van der Waals surface area contributed by atoms with Crippen LogP contribution in [-0.4, -0.2) is 26.5 Å². The van der Waals surface area contributed by atoms with E-state index >= 15 is 0 Å². The van der Waals surface area contributed by atoms with Gasteiger partial charge in [-0.1, -0.05) is 25.9 Å². The van der Waals surface area contributed by atoms with Gasteiger partial charge in [0.05, 0.1) is 24.5 Å². The van der Waals surface area contributed by atoms with Crippen molar-refractivity contribution in [3.8, 4) is 0 Å². The molecule has 2 aromatic rings. The van der Waals surface area contributed by atoms with E-state index in [4.69, 9.17) is 4.42 Å². The molecule has 0 amide bonds. The van der Waals surface area contributed by atoms with E-state index in [9.17, 15) is 0 Å². The number of hydrogen-bond acceptors (Lipinski definition) is 6. The zero-order valence-electron chi connectivity index (χ0n) is 12.1. The summed E-state index contributed by atoms with van der Waals surface area (Å²) < 4.78 is 7.64. The summed E-state index contributed by atoms with van der Waals surface area (Å²) in [5.41, 5.74) is 2.07. The predicted molar refractivity (Wildman–Crippen MR) is 74.3 cm³/mol. The van der Waals surface area contributed by atoms with Crippen molar-refractivity contribution in [2.75, 3.05) is 11.9 Å². The van der Waals surface area contributed by atoms with E-state index in [1.54, 1.807) is 0 Å². The molecule has 7 heteroatoms. The normalized spacial score (nSPS) is 15.2. The number of anilines is 1. The van der Waals surface area contributed by atoms with Gasteiger partial charge in [0.2, 0.25) is 5.89 Å². The van der Waals surface area contributed by atoms with Crippen LogP contribution in [0.4, 0.5) is 6.01 Å². The first kappa shape index (κ1) is 13.1. The van der Waals surface area contributed by atoms with E-state index in [1.165, 1.54) is 5.69 Å². The van der Waals surface area contributed by atoms with Crippen LogP contribution < -0.4 is 10.6 Å². The summed E-state index contributed by atoms with van der Waals surface area (Å²) >= 11 is 0. The van der Waals surface area contributed by atoms with Gasteiger partial charge in [-0.05, 0) is 6.07 Å². The Morgan fingerprint density at radius 2 is 2.25 bits per heavy atom. The van der Waals surface area contributed by atoms with Gasteiger partial charge in [0.15, 0.2) is 0 Å². The first-order chi connectivity index (χ1) is 9.52. The van der Waals surface area contributed by atoms with E-state index in [-0.39, 0.29) is 5.41 Å². The first-order valence-corrected chi connectivity index (χ1v) is 6.86. The maximum atomic E-state index is 5.59. The Morgan fingerprint density at radius 3 is 2.95 bits per heavy atom. The molecule has 0 aliphatic carbocycles. The second-order valence-electron chi connectivity index (χ2n) is 6.04. The third-order valence-electron chi connectivity index (χ3n) is 3.21. The summed E-state index contributed by atoms with van der Waals surface area (Å²) in [5, 5.41) is 19.1. The highest BCUT2D eigenvalue weighted by molar-refractivity contribution is 5.22. The Balaban J connectivity index is 1.64. The number of fused-ring (bicyclic) bond motifs is 1. The molecule has 20 heavy (non-hydrogen) atoms. The highest BCUT2D eigenvalue weighted by atomic mass is 16.4. The lowest BCUT2D eigenvalue weighted by Gasteiger charge is -2.13. The van der Waals surface area contributed by atoms with E-state index in [2.05, 4.69) is 32.0 Å². The van der Waals surface area contributed by atoms with Crippen molar-refractivity contribution in [1.82, 2.24) is 25.3 Å². The fourth-order valence-corrected chi connectivity index (χ4v) is 2.10. The fraction of sp³-hybridized carbons (Fsp3) is 0.615. The van der Waals surface area contributed by atoms with Crippen molar-refractivity contribution < 1.29 is 4.42 Å². The maximum Gasteiger partial charge on any atom is 0.315 e. The van der Waals surface area contributed by atoms with Crippen molar-refractivity contribution >= 4 is 6.01 Å². The lowest BCUT2D eigenvalue weighted by molar-refractivity contribution is 0.399. The minimum Gasteiger partial charge on any atom is -0.408 e. The molecule has 0 unspecified atom stereocenters. The Hall–Kier alpha value is -1.89. The Kier molecular flexibility index (Phi) is 3.21. The van der Waals surface area contributed by atoms with Crippen LogP contribution in [0.2, 0.25) is 0 Å². The fourth-order valence-electron chi connectivity index (χ4n) is 2.10. The third-order valence-corrected chi connectivity index (χ3v) is 3.21. The molecular formula is C13H20N6O. The average molecular weight is 276 g/mol. The molecular weight excluding hydrogens is 256 g/mol. The number of aromatic nitrogens is 4. The second-order valence-corrected chi connectivity index (χ2v) is 6.04. The molecule has 0 aromatic carbocycles. The van der Waals surface area contributed by atoms with E-state index in [0.29, 0.717) is 18.5 Å². The van der Waals surface area contributed by atoms with Gasteiger partial charge in [0.1, 0.15) is 0 Å². The van der Waals surface area contributed by atoms with Crippen molar-refractivity contribution in [3.05, 3.63) is 23.3 Å². The summed E-state index contributed by atoms with van der Waals surface area (Å²) in [4.78, 5) is 0. The Morgan fingerprint density at radius 1 is 1.40 bits per heavy atom. The topological polar surface area (TPSA) is 80.8 Å². The monoisotopic (exact) mass is 276 g/mol. The molecule has 2 aromatic heterocycles. The van der Waals surface area contributed by atoms with Gasteiger partial charge in [0, 0.05) is 18.5 Å². The highest BCUT2D eigenvalue weighted by Crippen LogP contribution is 2.22. The molecule has 0 saturated heterocycles. The SMILES string of the molecule is CC(C)(C)c1nnc(NCc2cc3n(n2)CCNC3)o1. The van der Waals surface area contributed by atoms with Gasteiger partial charge in [-0.25, -0.2) is 0 Å². The molecule has 0 bridgehead atoms. The minimum absolute atomic E-state index is 0.133. The zero-order valence-corrected chi connectivity index (χ0v) is 12.1. The van der Waals surface area contributed by atoms with Crippen molar-refractivity contribution in [3.63, 3.8) is 0 Å². The van der Waals surface area contributed by atoms with Crippen molar-refractivity contribution in [2.45, 2.75) is 45.8 Å². The number of nitrogens with one attached hydrogen (secondary N) is 2. The van der Waals surface area contributed by atoms with Crippen LogP contribution in [0, 0.1) is 0 Å². The highest BCUT2D eigenvalue weighted by Gasteiger charge is 2.21. The molecule has 0 fully saturated rings. The number of rotatable bonds is 3.